The van der Waals surface area contributed by atoms with Gasteiger partial charge in [0.25, 0.3) is 10.0 Å². The van der Waals surface area contributed by atoms with Gasteiger partial charge in [0.2, 0.25) is 6.41 Å². The van der Waals surface area contributed by atoms with Crippen molar-refractivity contribution in [3.8, 4) is 11.1 Å². The van der Waals surface area contributed by atoms with Crippen LogP contribution in [0, 0.1) is 0 Å². The highest BCUT2D eigenvalue weighted by molar-refractivity contribution is 7.92. The van der Waals surface area contributed by atoms with Crippen molar-refractivity contribution < 1.29 is 26.4 Å². The molecule has 2 heterocycles. The lowest BCUT2D eigenvalue weighted by Crippen LogP contribution is -2.24. The Balaban J connectivity index is 1.45. The van der Waals surface area contributed by atoms with Crippen molar-refractivity contribution >= 4 is 50.6 Å². The minimum Gasteiger partial charge on any atom is -0.346 e. The minimum absolute atomic E-state index is 0.123. The van der Waals surface area contributed by atoms with E-state index in [-0.39, 0.29) is 11.7 Å². The zero-order valence-electron chi connectivity index (χ0n) is 18.4. The lowest BCUT2D eigenvalue weighted by molar-refractivity contribution is -0.137. The second kappa shape index (κ2) is 8.82. The van der Waals surface area contributed by atoms with Crippen LogP contribution in [0.3, 0.4) is 0 Å². The lowest BCUT2D eigenvalue weighted by Gasteiger charge is -2.17. The Morgan fingerprint density at radius 2 is 1.81 bits per heavy atom. The van der Waals surface area contributed by atoms with E-state index in [1.165, 1.54) is 12.1 Å². The molecule has 2 aromatic carbocycles. The summed E-state index contributed by atoms with van der Waals surface area (Å²) in [6, 6.07) is 12.5. The highest BCUT2D eigenvalue weighted by atomic mass is 35.5. The summed E-state index contributed by atoms with van der Waals surface area (Å²) < 4.78 is 67.2. The summed E-state index contributed by atoms with van der Waals surface area (Å²) in [6.07, 6.45) is -0.485. The number of anilines is 2. The summed E-state index contributed by atoms with van der Waals surface area (Å²) >= 11 is 5.60. The van der Waals surface area contributed by atoms with E-state index in [2.05, 4.69) is 14.7 Å². The molecular weight excluding hydrogens is 517 g/mol. The van der Waals surface area contributed by atoms with Crippen LogP contribution in [0.1, 0.15) is 18.4 Å². The van der Waals surface area contributed by atoms with Gasteiger partial charge in [-0.1, -0.05) is 23.7 Å². The third-order valence-corrected chi connectivity index (χ3v) is 7.54. The molecule has 1 aliphatic rings. The number of nitrogens with zero attached hydrogens (tertiary/aromatic N) is 2. The number of rotatable bonds is 7. The fourth-order valence-corrected chi connectivity index (χ4v) is 5.20. The number of aromatic nitrogens is 2. The van der Waals surface area contributed by atoms with Crippen LogP contribution in [0.4, 0.5) is 24.7 Å². The number of amides is 1. The molecule has 5 rings (SSSR count). The largest absolute Gasteiger partial charge is 0.417 e. The molecule has 2 aromatic heterocycles. The predicted octanol–water partition coefficient (Wildman–Crippen LogP) is 5.83. The van der Waals surface area contributed by atoms with Crippen molar-refractivity contribution in [2.75, 3.05) is 9.62 Å². The molecule has 0 atom stereocenters. The van der Waals surface area contributed by atoms with Crippen molar-refractivity contribution in [3.63, 3.8) is 0 Å². The highest BCUT2D eigenvalue weighted by Crippen LogP contribution is 2.37. The van der Waals surface area contributed by atoms with Crippen LogP contribution in [0.25, 0.3) is 22.2 Å². The Hall–Kier alpha value is -3.57. The molecule has 1 amide bonds. The number of aromatic amines is 1. The Morgan fingerprint density at radius 3 is 2.44 bits per heavy atom. The number of carbonyl (C=O) groups is 1. The van der Waals surface area contributed by atoms with Crippen LogP contribution >= 0.6 is 11.6 Å². The highest BCUT2D eigenvalue weighted by Gasteiger charge is 2.34. The number of pyridine rings is 1. The Bertz CT molecular complexity index is 1570. The van der Waals surface area contributed by atoms with Crippen molar-refractivity contribution in [1.82, 2.24) is 9.97 Å². The number of carbonyl (C=O) groups excluding carboxylic acids is 1. The number of benzene rings is 2. The molecular formula is C24H18ClF3N4O3S. The van der Waals surface area contributed by atoms with E-state index in [0.29, 0.717) is 17.5 Å². The summed E-state index contributed by atoms with van der Waals surface area (Å²) in [7, 11) is -4.31. The fourth-order valence-electron chi connectivity index (χ4n) is 3.90. The first-order chi connectivity index (χ1) is 17.1. The maximum Gasteiger partial charge on any atom is 0.417 e. The summed E-state index contributed by atoms with van der Waals surface area (Å²) in [6.45, 7) is 0. The Kier molecular flexibility index (Phi) is 5.92. The first-order valence-corrected chi connectivity index (χ1v) is 12.6. The molecule has 186 valence electrons. The second-order valence-corrected chi connectivity index (χ2v) is 10.4. The van der Waals surface area contributed by atoms with Gasteiger partial charge in [-0.25, -0.2) is 13.4 Å². The molecule has 0 bridgehead atoms. The third kappa shape index (κ3) is 4.63. The molecule has 7 nitrogen and oxygen atoms in total. The molecule has 12 heteroatoms. The average molecular weight is 535 g/mol. The molecule has 0 spiro atoms. The van der Waals surface area contributed by atoms with Crippen LogP contribution in [-0.4, -0.2) is 30.8 Å². The smallest absolute Gasteiger partial charge is 0.346 e. The minimum atomic E-state index is -4.80. The maximum absolute atomic E-state index is 13.2. The number of hydrogen-bond donors (Lipinski definition) is 2. The van der Waals surface area contributed by atoms with Gasteiger partial charge < -0.3 is 4.98 Å². The SMILES string of the molecule is O=CN(c1cc(-c2ccc(NS(=O)(=O)c3ccc(Cl)c(C(F)(F)F)c3)cc2)c2cc[nH]c2n1)C1CC1. The van der Waals surface area contributed by atoms with E-state index < -0.39 is 31.7 Å². The maximum atomic E-state index is 13.2. The topological polar surface area (TPSA) is 95.2 Å². The van der Waals surface area contributed by atoms with Crippen molar-refractivity contribution in [1.29, 1.82) is 0 Å². The van der Waals surface area contributed by atoms with Crippen molar-refractivity contribution in [2.24, 2.45) is 0 Å². The van der Waals surface area contributed by atoms with Crippen molar-refractivity contribution in [3.05, 3.63) is 71.4 Å². The van der Waals surface area contributed by atoms with Crippen LogP contribution in [0.5, 0.6) is 0 Å². The van der Waals surface area contributed by atoms with E-state index in [9.17, 15) is 26.4 Å². The van der Waals surface area contributed by atoms with Gasteiger partial charge in [-0.15, -0.1) is 0 Å². The summed E-state index contributed by atoms with van der Waals surface area (Å²) in [5.74, 6) is 0.505. The molecule has 0 radical (unpaired) electrons. The third-order valence-electron chi connectivity index (χ3n) is 5.84. The first kappa shape index (κ1) is 24.1. The van der Waals surface area contributed by atoms with Gasteiger partial charge >= 0.3 is 6.18 Å². The molecule has 36 heavy (non-hydrogen) atoms. The van der Waals surface area contributed by atoms with E-state index in [1.807, 2.05) is 6.07 Å². The molecule has 4 aromatic rings. The van der Waals surface area contributed by atoms with Gasteiger partial charge in [-0.3, -0.25) is 14.4 Å². The number of sulfonamides is 1. The predicted molar refractivity (Wildman–Crippen MR) is 130 cm³/mol. The average Bonchev–Trinajstić information content (AvgIpc) is 3.54. The molecule has 1 saturated carbocycles. The molecule has 0 unspecified atom stereocenters. The molecule has 0 aliphatic heterocycles. The zero-order chi connectivity index (χ0) is 25.7. The van der Waals surface area contributed by atoms with Gasteiger partial charge in [0.05, 0.1) is 15.5 Å². The molecule has 1 aliphatic carbocycles. The second-order valence-electron chi connectivity index (χ2n) is 8.33. The number of fused-ring (bicyclic) bond motifs is 1. The van der Waals surface area contributed by atoms with Gasteiger partial charge in [0.1, 0.15) is 11.5 Å². The van der Waals surface area contributed by atoms with E-state index in [4.69, 9.17) is 11.6 Å². The molecule has 0 saturated heterocycles. The van der Waals surface area contributed by atoms with E-state index in [1.54, 1.807) is 29.3 Å². The van der Waals surface area contributed by atoms with Gasteiger partial charge in [0, 0.05) is 23.3 Å². The first-order valence-electron chi connectivity index (χ1n) is 10.8. The molecule has 1 fully saturated rings. The number of H-pyrrole nitrogens is 1. The standard InChI is InChI=1S/C24H18ClF3N4O3S/c25-21-8-7-17(11-20(21)24(26,27)28)36(34,35)31-15-3-1-14(2-4-15)19-12-22(32(13-33)16-5-6-16)30-23-18(19)9-10-29-23/h1-4,7-13,16,31H,5-6H2,(H,29,30). The van der Waals surface area contributed by atoms with E-state index >= 15 is 0 Å². The molecule has 2 N–H and O–H groups in total. The number of hydrogen-bond acceptors (Lipinski definition) is 4. The summed E-state index contributed by atoms with van der Waals surface area (Å²) in [4.78, 5) is 20.3. The van der Waals surface area contributed by atoms with Crippen LogP contribution in [0.15, 0.2) is 65.7 Å². The Morgan fingerprint density at radius 1 is 1.08 bits per heavy atom. The van der Waals surface area contributed by atoms with Crippen LogP contribution in [-0.2, 0) is 21.0 Å². The monoisotopic (exact) mass is 534 g/mol. The van der Waals surface area contributed by atoms with Gasteiger partial charge in [0.15, 0.2) is 0 Å². The zero-order valence-corrected chi connectivity index (χ0v) is 20.0. The number of alkyl halides is 3. The van der Waals surface area contributed by atoms with Crippen LogP contribution < -0.4 is 9.62 Å². The number of halogens is 4. The van der Waals surface area contributed by atoms with Crippen LogP contribution in [0.2, 0.25) is 5.02 Å². The lowest BCUT2D eigenvalue weighted by atomic mass is 10.0. The van der Waals surface area contributed by atoms with Crippen molar-refractivity contribution in [2.45, 2.75) is 30.0 Å². The quantitative estimate of drug-likeness (QED) is 0.292. The van der Waals surface area contributed by atoms with Gasteiger partial charge in [-0.05, 0) is 66.4 Å². The normalized spacial score (nSPS) is 14.1. The van der Waals surface area contributed by atoms with Gasteiger partial charge in [-0.2, -0.15) is 13.2 Å². The number of nitrogens with one attached hydrogen (secondary N) is 2. The summed E-state index contributed by atoms with van der Waals surface area (Å²) in [5, 5.41) is 0.225. The summed E-state index contributed by atoms with van der Waals surface area (Å²) in [5.41, 5.74) is 1.05. The van der Waals surface area contributed by atoms with E-state index in [0.717, 1.165) is 47.9 Å². The fraction of sp³-hybridized carbons (Fsp3) is 0.167. The Labute approximate surface area is 209 Å².